The minimum Gasteiger partial charge on any atom is -0.459 e. The highest BCUT2D eigenvalue weighted by Crippen LogP contribution is 2.31. The van der Waals surface area contributed by atoms with Gasteiger partial charge in [0.15, 0.2) is 5.76 Å². The molecule has 156 valence electrons. The van der Waals surface area contributed by atoms with Gasteiger partial charge in [-0.25, -0.2) is 0 Å². The predicted molar refractivity (Wildman–Crippen MR) is 113 cm³/mol. The molecule has 4 amide bonds. The Morgan fingerprint density at radius 3 is 2.57 bits per heavy atom. The average molecular weight is 427 g/mol. The lowest BCUT2D eigenvalue weighted by Crippen LogP contribution is -2.38. The Hall–Kier alpha value is -3.33. The third-order valence-corrected chi connectivity index (χ3v) is 5.20. The molecule has 1 aliphatic heterocycles. The number of carbonyl (C=O) groups is 4. The molecule has 1 aromatic heterocycles. The van der Waals surface area contributed by atoms with Crippen molar-refractivity contribution in [1.29, 1.82) is 0 Å². The van der Waals surface area contributed by atoms with Crippen molar-refractivity contribution in [3.05, 3.63) is 64.5 Å². The molecule has 1 saturated heterocycles. The topological polar surface area (TPSA) is 109 Å². The summed E-state index contributed by atoms with van der Waals surface area (Å²) < 4.78 is 4.96. The second kappa shape index (κ2) is 9.93. The van der Waals surface area contributed by atoms with Crippen LogP contribution in [-0.4, -0.2) is 47.5 Å². The van der Waals surface area contributed by atoms with Crippen LogP contribution in [0.2, 0.25) is 0 Å². The summed E-state index contributed by atoms with van der Waals surface area (Å²) in [5, 5.41) is 4.85. The maximum Gasteiger partial charge on any atom is 0.293 e. The van der Waals surface area contributed by atoms with Crippen molar-refractivity contribution in [2.75, 3.05) is 19.6 Å². The molecule has 0 radical (unpaired) electrons. The zero-order valence-corrected chi connectivity index (χ0v) is 17.2. The predicted octanol–water partition coefficient (Wildman–Crippen LogP) is 2.56. The van der Waals surface area contributed by atoms with Crippen LogP contribution in [0.5, 0.6) is 0 Å². The number of rotatable bonds is 8. The van der Waals surface area contributed by atoms with E-state index in [0.29, 0.717) is 4.91 Å². The van der Waals surface area contributed by atoms with Gasteiger partial charge in [-0.15, -0.1) is 0 Å². The van der Waals surface area contributed by atoms with Gasteiger partial charge < -0.3 is 15.1 Å². The van der Waals surface area contributed by atoms with E-state index < -0.39 is 5.91 Å². The van der Waals surface area contributed by atoms with Gasteiger partial charge in [0.25, 0.3) is 17.1 Å². The lowest BCUT2D eigenvalue weighted by atomic mass is 10.1. The molecule has 3 rings (SSSR count). The van der Waals surface area contributed by atoms with Crippen LogP contribution >= 0.6 is 11.8 Å². The van der Waals surface area contributed by atoms with Gasteiger partial charge in [-0.05, 0) is 42.5 Å². The highest BCUT2D eigenvalue weighted by molar-refractivity contribution is 8.18. The van der Waals surface area contributed by atoms with Gasteiger partial charge in [0, 0.05) is 26.1 Å². The molecule has 0 saturated carbocycles. The minimum absolute atomic E-state index is 0.0711. The lowest BCUT2D eigenvalue weighted by Gasteiger charge is -2.13. The summed E-state index contributed by atoms with van der Waals surface area (Å²) in [5.74, 6) is -0.887. The van der Waals surface area contributed by atoms with Crippen molar-refractivity contribution in [2.24, 2.45) is 0 Å². The molecule has 2 aromatic rings. The van der Waals surface area contributed by atoms with Gasteiger partial charge in [0.05, 0.1) is 11.2 Å². The van der Waals surface area contributed by atoms with Crippen molar-refractivity contribution in [3.63, 3.8) is 0 Å². The standard InChI is InChI=1S/C21H21N3O5S/c1-14-4-6-15(7-5-14)13-17-20(27)24(21(28)30-17)11-10-22-18(25)8-9-23-19(26)16-3-2-12-29-16/h2-7,12-13H,8-11H2,1H3,(H,22,25)(H,23,26)/b17-13-. The fraction of sp³-hybridized carbons (Fsp3) is 0.238. The van der Waals surface area contributed by atoms with E-state index in [9.17, 15) is 19.2 Å². The summed E-state index contributed by atoms with van der Waals surface area (Å²) in [5.41, 5.74) is 1.95. The first-order valence-electron chi connectivity index (χ1n) is 9.34. The smallest absolute Gasteiger partial charge is 0.293 e. The molecular formula is C21H21N3O5S. The summed E-state index contributed by atoms with van der Waals surface area (Å²) in [6, 6.07) is 10.8. The molecule has 30 heavy (non-hydrogen) atoms. The van der Waals surface area contributed by atoms with Crippen molar-refractivity contribution in [2.45, 2.75) is 13.3 Å². The number of nitrogens with zero attached hydrogens (tertiary/aromatic N) is 1. The van der Waals surface area contributed by atoms with E-state index in [4.69, 9.17) is 4.42 Å². The number of hydrogen-bond donors (Lipinski definition) is 2. The van der Waals surface area contributed by atoms with Crippen LogP contribution in [0.25, 0.3) is 6.08 Å². The summed E-state index contributed by atoms with van der Waals surface area (Å²) in [4.78, 5) is 49.7. The molecule has 1 aliphatic rings. The van der Waals surface area contributed by atoms with Crippen LogP contribution in [0.4, 0.5) is 4.79 Å². The Morgan fingerprint density at radius 2 is 1.87 bits per heavy atom. The molecule has 9 heteroatoms. The Labute approximate surface area is 177 Å². The first-order chi connectivity index (χ1) is 14.4. The Kier molecular flexibility index (Phi) is 7.08. The fourth-order valence-electron chi connectivity index (χ4n) is 2.69. The zero-order chi connectivity index (χ0) is 21.5. The second-order valence-electron chi connectivity index (χ2n) is 6.58. The van der Waals surface area contributed by atoms with Gasteiger partial charge in [-0.3, -0.25) is 24.1 Å². The van der Waals surface area contributed by atoms with Gasteiger partial charge in [0.2, 0.25) is 5.91 Å². The SMILES string of the molecule is Cc1ccc(/C=C2\SC(=O)N(CCNC(=O)CCNC(=O)c3ccco3)C2=O)cc1. The number of aryl methyl sites for hydroxylation is 1. The molecule has 2 N–H and O–H groups in total. The number of benzene rings is 1. The molecule has 0 spiro atoms. The second-order valence-corrected chi connectivity index (χ2v) is 7.57. The first kappa shape index (κ1) is 21.4. The number of furan rings is 1. The van der Waals surface area contributed by atoms with E-state index in [1.54, 1.807) is 12.1 Å². The van der Waals surface area contributed by atoms with Gasteiger partial charge in [-0.2, -0.15) is 0 Å². The number of carbonyl (C=O) groups excluding carboxylic acids is 4. The van der Waals surface area contributed by atoms with Crippen LogP contribution < -0.4 is 10.6 Å². The Bertz CT molecular complexity index is 967. The summed E-state index contributed by atoms with van der Waals surface area (Å²) in [7, 11) is 0. The molecule has 1 fully saturated rings. The van der Waals surface area contributed by atoms with Crippen LogP contribution in [0.1, 0.15) is 28.1 Å². The summed E-state index contributed by atoms with van der Waals surface area (Å²) in [6.07, 6.45) is 3.15. The number of amides is 4. The quantitative estimate of drug-likeness (QED) is 0.627. The van der Waals surface area contributed by atoms with Gasteiger partial charge in [0.1, 0.15) is 0 Å². The fourth-order valence-corrected chi connectivity index (χ4v) is 3.55. The molecule has 1 aromatic carbocycles. The van der Waals surface area contributed by atoms with Crippen molar-refractivity contribution < 1.29 is 23.6 Å². The van der Waals surface area contributed by atoms with Crippen molar-refractivity contribution in [1.82, 2.24) is 15.5 Å². The zero-order valence-electron chi connectivity index (χ0n) is 16.3. The Morgan fingerprint density at radius 1 is 1.10 bits per heavy atom. The molecule has 0 bridgehead atoms. The largest absolute Gasteiger partial charge is 0.459 e. The number of nitrogens with one attached hydrogen (secondary N) is 2. The highest BCUT2D eigenvalue weighted by Gasteiger charge is 2.34. The molecule has 0 atom stereocenters. The lowest BCUT2D eigenvalue weighted by molar-refractivity contribution is -0.124. The number of hydrogen-bond acceptors (Lipinski definition) is 6. The van der Waals surface area contributed by atoms with Crippen LogP contribution in [-0.2, 0) is 9.59 Å². The molecule has 0 unspecified atom stereocenters. The van der Waals surface area contributed by atoms with Crippen LogP contribution in [0.15, 0.2) is 52.0 Å². The summed E-state index contributed by atoms with van der Waals surface area (Å²) >= 11 is 0.885. The third kappa shape index (κ3) is 5.60. The van der Waals surface area contributed by atoms with Gasteiger partial charge >= 0.3 is 0 Å². The van der Waals surface area contributed by atoms with Crippen molar-refractivity contribution >= 4 is 40.8 Å². The molecule has 8 nitrogen and oxygen atoms in total. The van der Waals surface area contributed by atoms with E-state index in [1.807, 2.05) is 31.2 Å². The van der Waals surface area contributed by atoms with Crippen LogP contribution in [0.3, 0.4) is 0 Å². The van der Waals surface area contributed by atoms with Gasteiger partial charge in [-0.1, -0.05) is 29.8 Å². The number of thioether (sulfide) groups is 1. The first-order valence-corrected chi connectivity index (χ1v) is 10.2. The maximum atomic E-state index is 12.5. The summed E-state index contributed by atoms with van der Waals surface area (Å²) in [6.45, 7) is 2.34. The Balaban J connectivity index is 1.41. The number of imide groups is 1. The van der Waals surface area contributed by atoms with E-state index >= 15 is 0 Å². The van der Waals surface area contributed by atoms with E-state index in [-0.39, 0.29) is 48.9 Å². The molecular weight excluding hydrogens is 406 g/mol. The van der Waals surface area contributed by atoms with E-state index in [2.05, 4.69) is 10.6 Å². The van der Waals surface area contributed by atoms with E-state index in [0.717, 1.165) is 27.8 Å². The highest BCUT2D eigenvalue weighted by atomic mass is 32.2. The maximum absolute atomic E-state index is 12.5. The van der Waals surface area contributed by atoms with Crippen molar-refractivity contribution in [3.8, 4) is 0 Å². The van der Waals surface area contributed by atoms with E-state index in [1.165, 1.54) is 12.3 Å². The minimum atomic E-state index is -0.397. The molecule has 0 aliphatic carbocycles. The monoisotopic (exact) mass is 427 g/mol. The average Bonchev–Trinajstić information content (AvgIpc) is 3.34. The third-order valence-electron chi connectivity index (χ3n) is 4.29. The van der Waals surface area contributed by atoms with Crippen LogP contribution in [0, 0.1) is 6.92 Å². The normalized spacial score (nSPS) is 15.0. The molecule has 2 heterocycles.